The lowest BCUT2D eigenvalue weighted by atomic mass is 10.0. The third-order valence-electron chi connectivity index (χ3n) is 5.66. The van der Waals surface area contributed by atoms with E-state index in [4.69, 9.17) is 4.74 Å². The average Bonchev–Trinajstić information content (AvgIpc) is 2.84. The molecule has 0 saturated carbocycles. The maximum absolute atomic E-state index is 13.5. The van der Waals surface area contributed by atoms with E-state index in [2.05, 4.69) is 11.7 Å². The summed E-state index contributed by atoms with van der Waals surface area (Å²) in [7, 11) is 0. The van der Waals surface area contributed by atoms with Gasteiger partial charge in [-0.05, 0) is 12.8 Å². The Bertz CT molecular complexity index is 756. The van der Waals surface area contributed by atoms with E-state index < -0.39 is 53.2 Å². The lowest BCUT2D eigenvalue weighted by Gasteiger charge is -2.09. The summed E-state index contributed by atoms with van der Waals surface area (Å²) < 4.78 is 75.6. The Morgan fingerprint density at radius 1 is 0.543 bits per heavy atom. The van der Waals surface area contributed by atoms with E-state index >= 15 is 0 Å². The van der Waals surface area contributed by atoms with Crippen molar-refractivity contribution >= 4 is 11.9 Å². The third-order valence-corrected chi connectivity index (χ3v) is 5.66. The van der Waals surface area contributed by atoms with Crippen LogP contribution in [0.5, 0.6) is 5.75 Å². The standard InChI is InChI=1S/C26H37F5O4/c1-2-3-4-5-6-7-8-9-10-11-12-13-14-18-34-19(32)16-15-17-20(33)35-26-24(30)22(28)21(27)23(29)25(26)31/h2-18H2,1H3. The molecule has 4 nitrogen and oxygen atoms in total. The zero-order chi connectivity index (χ0) is 26.1. The van der Waals surface area contributed by atoms with Crippen LogP contribution in [0.15, 0.2) is 0 Å². The molecule has 0 spiro atoms. The molecular weight excluding hydrogens is 471 g/mol. The highest BCUT2D eigenvalue weighted by atomic mass is 19.2. The summed E-state index contributed by atoms with van der Waals surface area (Å²) in [5, 5.41) is 0. The smallest absolute Gasteiger partial charge is 0.311 e. The molecule has 1 aromatic rings. The summed E-state index contributed by atoms with van der Waals surface area (Å²) in [6, 6.07) is 0. The molecule has 0 aliphatic heterocycles. The minimum absolute atomic E-state index is 0.0499. The molecule has 0 fully saturated rings. The van der Waals surface area contributed by atoms with Crippen LogP contribution in [0.3, 0.4) is 0 Å². The normalized spacial score (nSPS) is 11.0. The van der Waals surface area contributed by atoms with E-state index in [0.29, 0.717) is 0 Å². The molecule has 0 aliphatic carbocycles. The maximum atomic E-state index is 13.5. The minimum Gasteiger partial charge on any atom is -0.466 e. The number of benzene rings is 1. The van der Waals surface area contributed by atoms with Crippen LogP contribution in [0.25, 0.3) is 0 Å². The van der Waals surface area contributed by atoms with Crippen molar-refractivity contribution in [2.45, 2.75) is 110 Å². The second-order valence-electron chi connectivity index (χ2n) is 8.69. The van der Waals surface area contributed by atoms with Gasteiger partial charge in [0, 0.05) is 12.8 Å². The summed E-state index contributed by atoms with van der Waals surface area (Å²) >= 11 is 0. The van der Waals surface area contributed by atoms with Crippen molar-refractivity contribution in [3.8, 4) is 5.75 Å². The number of unbranched alkanes of at least 4 members (excludes halogenated alkanes) is 12. The second-order valence-corrected chi connectivity index (χ2v) is 8.69. The highest BCUT2D eigenvalue weighted by molar-refractivity contribution is 5.74. The minimum atomic E-state index is -2.34. The molecule has 0 aromatic heterocycles. The Morgan fingerprint density at radius 3 is 1.43 bits per heavy atom. The molecular formula is C26H37F5O4. The molecule has 1 rings (SSSR count). The van der Waals surface area contributed by atoms with Crippen molar-refractivity contribution in [2.24, 2.45) is 0 Å². The van der Waals surface area contributed by atoms with Gasteiger partial charge in [0.05, 0.1) is 6.61 Å². The van der Waals surface area contributed by atoms with Gasteiger partial charge < -0.3 is 9.47 Å². The fourth-order valence-electron chi connectivity index (χ4n) is 3.59. The summed E-state index contributed by atoms with van der Waals surface area (Å²) in [5.74, 6) is -14.6. The monoisotopic (exact) mass is 508 g/mol. The molecule has 200 valence electrons. The highest BCUT2D eigenvalue weighted by Crippen LogP contribution is 2.29. The molecule has 1 aromatic carbocycles. The Balaban J connectivity index is 2.05. The van der Waals surface area contributed by atoms with Crippen molar-refractivity contribution in [1.29, 1.82) is 0 Å². The summed E-state index contributed by atoms with van der Waals surface area (Å²) in [6.45, 7) is 2.49. The van der Waals surface area contributed by atoms with Gasteiger partial charge >= 0.3 is 11.9 Å². The third kappa shape index (κ3) is 12.4. The Morgan fingerprint density at radius 2 is 0.943 bits per heavy atom. The van der Waals surface area contributed by atoms with E-state index in [1.165, 1.54) is 57.8 Å². The maximum Gasteiger partial charge on any atom is 0.311 e. The molecule has 0 amide bonds. The van der Waals surface area contributed by atoms with Crippen LogP contribution in [0.4, 0.5) is 22.0 Å². The number of halogens is 5. The number of carbonyl (C=O) groups excluding carboxylic acids is 2. The first-order valence-electron chi connectivity index (χ1n) is 12.7. The van der Waals surface area contributed by atoms with Gasteiger partial charge in [-0.3, -0.25) is 9.59 Å². The van der Waals surface area contributed by atoms with E-state index in [9.17, 15) is 31.5 Å². The first kappa shape index (κ1) is 30.8. The Kier molecular flexibility index (Phi) is 16.0. The molecule has 0 atom stereocenters. The number of rotatable bonds is 19. The van der Waals surface area contributed by atoms with Gasteiger partial charge in [-0.25, -0.2) is 13.2 Å². The predicted molar refractivity (Wildman–Crippen MR) is 122 cm³/mol. The van der Waals surface area contributed by atoms with Crippen molar-refractivity contribution < 1.29 is 41.0 Å². The van der Waals surface area contributed by atoms with E-state index in [1.807, 2.05) is 0 Å². The SMILES string of the molecule is CCCCCCCCCCCCCCCOC(=O)CCCC(=O)Oc1c(F)c(F)c(F)c(F)c1F. The summed E-state index contributed by atoms with van der Waals surface area (Å²) in [5.41, 5.74) is 0. The van der Waals surface area contributed by atoms with Crippen LogP contribution >= 0.6 is 0 Å². The Labute approximate surface area is 204 Å². The van der Waals surface area contributed by atoms with Crippen molar-refractivity contribution in [3.63, 3.8) is 0 Å². The zero-order valence-electron chi connectivity index (χ0n) is 20.5. The molecule has 0 heterocycles. The lowest BCUT2D eigenvalue weighted by molar-refractivity contribution is -0.144. The van der Waals surface area contributed by atoms with E-state index in [0.717, 1.165) is 25.7 Å². The largest absolute Gasteiger partial charge is 0.466 e. The number of hydrogen-bond acceptors (Lipinski definition) is 4. The van der Waals surface area contributed by atoms with Gasteiger partial charge in [-0.2, -0.15) is 8.78 Å². The number of carbonyl (C=O) groups is 2. The first-order valence-corrected chi connectivity index (χ1v) is 12.7. The molecule has 0 unspecified atom stereocenters. The fraction of sp³-hybridized carbons (Fsp3) is 0.692. The van der Waals surface area contributed by atoms with E-state index in [1.54, 1.807) is 0 Å². The average molecular weight is 509 g/mol. The van der Waals surface area contributed by atoms with Crippen LogP contribution in [-0.4, -0.2) is 18.5 Å². The first-order chi connectivity index (χ1) is 16.8. The zero-order valence-corrected chi connectivity index (χ0v) is 20.5. The number of esters is 2. The van der Waals surface area contributed by atoms with Crippen LogP contribution in [0.2, 0.25) is 0 Å². The topological polar surface area (TPSA) is 52.6 Å². The quantitative estimate of drug-likeness (QED) is 0.0473. The van der Waals surface area contributed by atoms with Crippen molar-refractivity contribution in [1.82, 2.24) is 0 Å². The summed E-state index contributed by atoms with van der Waals surface area (Å²) in [4.78, 5) is 23.4. The molecule has 9 heteroatoms. The van der Waals surface area contributed by atoms with E-state index in [-0.39, 0.29) is 19.4 Å². The fourth-order valence-corrected chi connectivity index (χ4v) is 3.59. The highest BCUT2D eigenvalue weighted by Gasteiger charge is 2.28. The van der Waals surface area contributed by atoms with Crippen LogP contribution in [-0.2, 0) is 14.3 Å². The summed E-state index contributed by atoms with van der Waals surface area (Å²) in [6.07, 6.45) is 15.0. The van der Waals surface area contributed by atoms with Crippen molar-refractivity contribution in [2.75, 3.05) is 6.61 Å². The number of hydrogen-bond donors (Lipinski definition) is 0. The number of ether oxygens (including phenoxy) is 2. The molecule has 0 saturated heterocycles. The van der Waals surface area contributed by atoms with Crippen LogP contribution < -0.4 is 4.74 Å². The Hall–Kier alpha value is -2.19. The van der Waals surface area contributed by atoms with Gasteiger partial charge in [-0.15, -0.1) is 0 Å². The van der Waals surface area contributed by atoms with Gasteiger partial charge in [0.15, 0.2) is 0 Å². The van der Waals surface area contributed by atoms with Gasteiger partial charge in [0.1, 0.15) is 0 Å². The molecule has 0 N–H and O–H groups in total. The second kappa shape index (κ2) is 18.1. The molecule has 35 heavy (non-hydrogen) atoms. The predicted octanol–water partition coefficient (Wildman–Crippen LogP) is 8.09. The van der Waals surface area contributed by atoms with Crippen molar-refractivity contribution in [3.05, 3.63) is 29.1 Å². The molecule has 0 aliphatic rings. The van der Waals surface area contributed by atoms with Gasteiger partial charge in [0.2, 0.25) is 34.8 Å². The molecule has 0 bridgehead atoms. The van der Waals surface area contributed by atoms with Crippen LogP contribution in [0.1, 0.15) is 110 Å². The van der Waals surface area contributed by atoms with Gasteiger partial charge in [0.25, 0.3) is 0 Å². The molecule has 0 radical (unpaired) electrons. The van der Waals surface area contributed by atoms with Crippen LogP contribution in [0, 0.1) is 29.1 Å². The lowest BCUT2D eigenvalue weighted by Crippen LogP contribution is -2.14. The van der Waals surface area contributed by atoms with Gasteiger partial charge in [-0.1, -0.05) is 84.0 Å².